The highest BCUT2D eigenvalue weighted by atomic mass is 16.6. The Morgan fingerprint density at radius 1 is 0.846 bits per heavy atom. The van der Waals surface area contributed by atoms with Gasteiger partial charge in [-0.15, -0.1) is 0 Å². The van der Waals surface area contributed by atoms with Crippen LogP contribution in [-0.4, -0.2) is 46.6 Å². The highest BCUT2D eigenvalue weighted by molar-refractivity contribution is 6.32. The van der Waals surface area contributed by atoms with Gasteiger partial charge in [-0.2, -0.15) is 0 Å². The van der Waals surface area contributed by atoms with Gasteiger partial charge in [-0.05, 0) is 59.7 Å². The number of ketones is 2. The maximum Gasteiger partial charge on any atom is 0.271 e. The number of Topliss-reactive ketones (excluding diaryl/α,β-unsaturated/α-hetero) is 1. The number of nitro benzene ring substituents is 1. The Kier molecular flexibility index (Phi) is 8.26. The maximum atomic E-state index is 15.1. The smallest absolute Gasteiger partial charge is 0.271 e. The van der Waals surface area contributed by atoms with Crippen LogP contribution >= 0.6 is 0 Å². The van der Waals surface area contributed by atoms with E-state index in [0.29, 0.717) is 22.4 Å². The van der Waals surface area contributed by atoms with Crippen LogP contribution in [0.2, 0.25) is 0 Å². The van der Waals surface area contributed by atoms with Gasteiger partial charge in [0.25, 0.3) is 5.69 Å². The van der Waals surface area contributed by atoms with Gasteiger partial charge in [0.1, 0.15) is 12.4 Å². The van der Waals surface area contributed by atoms with Gasteiger partial charge in [-0.1, -0.05) is 90.5 Å². The minimum Gasteiger partial charge on any atom is -0.491 e. The lowest BCUT2D eigenvalue weighted by Gasteiger charge is -2.55. The van der Waals surface area contributed by atoms with Crippen LogP contribution < -0.4 is 9.64 Å². The Balaban J connectivity index is 1.32. The van der Waals surface area contributed by atoms with E-state index in [9.17, 15) is 24.8 Å². The van der Waals surface area contributed by atoms with E-state index in [1.807, 2.05) is 66.7 Å². The minimum absolute atomic E-state index is 0.104. The Morgan fingerprint density at radius 3 is 2.25 bits per heavy atom. The summed E-state index contributed by atoms with van der Waals surface area (Å²) in [6.07, 6.45) is 3.83. The van der Waals surface area contributed by atoms with E-state index in [4.69, 9.17) is 4.74 Å². The second-order valence-corrected chi connectivity index (χ2v) is 13.7. The van der Waals surface area contributed by atoms with Gasteiger partial charge in [0.15, 0.2) is 11.6 Å². The molecule has 4 aliphatic rings. The zero-order valence-electron chi connectivity index (χ0n) is 28.0. The van der Waals surface area contributed by atoms with Gasteiger partial charge in [0, 0.05) is 29.5 Å². The predicted molar refractivity (Wildman–Crippen MR) is 191 cm³/mol. The molecule has 8 rings (SSSR count). The number of carbonyl (C=O) groups excluding carboxylic acids is 4. The number of amides is 2. The van der Waals surface area contributed by atoms with E-state index in [0.717, 1.165) is 16.0 Å². The van der Waals surface area contributed by atoms with Crippen molar-refractivity contribution in [1.29, 1.82) is 0 Å². The molecule has 10 nitrogen and oxygen atoms in total. The molecule has 0 bridgehead atoms. The predicted octanol–water partition coefficient (Wildman–Crippen LogP) is 5.99. The fraction of sp³-hybridized carbons (Fsp3) is 0.238. The topological polar surface area (TPSA) is 144 Å². The number of carbonyl (C=O) groups is 4. The molecular formula is C42H34N2O8. The van der Waals surface area contributed by atoms with E-state index >= 15 is 9.59 Å². The number of anilines is 1. The number of hydrogen-bond acceptors (Lipinski definition) is 8. The number of non-ortho nitro benzene ring substituents is 1. The molecule has 10 heteroatoms. The molecule has 2 fully saturated rings. The van der Waals surface area contributed by atoms with Gasteiger partial charge in [-0.3, -0.25) is 29.3 Å². The molecule has 1 aliphatic heterocycles. The SMILES string of the molecule is O=C1C(c2ccccc2)=CC(=O)[C@@]2(c3ccccc3)[C@@H](c3ccc(OCCO)cc3)C3=CC[C@@H]4C(=O)N(c5cccc([N+](=O)[O-])c5)C(=O)[C@@H]4[C@@H]3C[C@@H]12. The Hall–Kier alpha value is -6.00. The Bertz CT molecular complexity index is 2180. The largest absolute Gasteiger partial charge is 0.491 e. The van der Waals surface area contributed by atoms with Gasteiger partial charge in [-0.25, -0.2) is 4.90 Å². The van der Waals surface area contributed by atoms with Gasteiger partial charge in [0.05, 0.1) is 34.5 Å². The van der Waals surface area contributed by atoms with Crippen molar-refractivity contribution in [2.75, 3.05) is 18.1 Å². The zero-order valence-corrected chi connectivity index (χ0v) is 28.0. The molecule has 6 atom stereocenters. The number of aliphatic hydroxyl groups excluding tert-OH is 1. The van der Waals surface area contributed by atoms with Crippen LogP contribution in [0.5, 0.6) is 5.75 Å². The first-order valence-electron chi connectivity index (χ1n) is 17.3. The molecule has 52 heavy (non-hydrogen) atoms. The highest BCUT2D eigenvalue weighted by Gasteiger charge is 2.66. The second kappa shape index (κ2) is 13.0. The maximum absolute atomic E-state index is 15.1. The summed E-state index contributed by atoms with van der Waals surface area (Å²) in [5, 5.41) is 20.9. The van der Waals surface area contributed by atoms with Crippen molar-refractivity contribution in [3.8, 4) is 5.75 Å². The molecule has 3 aliphatic carbocycles. The molecule has 1 N–H and O–H groups in total. The van der Waals surface area contributed by atoms with Crippen LogP contribution in [0.15, 0.2) is 127 Å². The molecule has 1 saturated heterocycles. The number of hydrogen-bond donors (Lipinski definition) is 1. The molecule has 1 saturated carbocycles. The number of rotatable bonds is 8. The number of fused-ring (bicyclic) bond motifs is 4. The first kappa shape index (κ1) is 33.2. The van der Waals surface area contributed by atoms with Crippen molar-refractivity contribution >= 4 is 40.3 Å². The summed E-state index contributed by atoms with van der Waals surface area (Å²) < 4.78 is 5.66. The van der Waals surface area contributed by atoms with Gasteiger partial charge < -0.3 is 9.84 Å². The first-order valence-corrected chi connectivity index (χ1v) is 17.3. The summed E-state index contributed by atoms with van der Waals surface area (Å²) in [5.74, 6) is -4.57. The Morgan fingerprint density at radius 2 is 1.56 bits per heavy atom. The molecule has 260 valence electrons. The van der Waals surface area contributed by atoms with Crippen molar-refractivity contribution in [2.45, 2.75) is 24.2 Å². The summed E-state index contributed by atoms with van der Waals surface area (Å²) in [6.45, 7) is -0.0561. The third kappa shape index (κ3) is 5.04. The quantitative estimate of drug-likeness (QED) is 0.102. The summed E-state index contributed by atoms with van der Waals surface area (Å²) >= 11 is 0. The molecule has 0 unspecified atom stereocenters. The summed E-state index contributed by atoms with van der Waals surface area (Å²) in [4.78, 5) is 70.8. The van der Waals surface area contributed by atoms with Crippen molar-refractivity contribution in [3.05, 3.63) is 154 Å². The fourth-order valence-electron chi connectivity index (χ4n) is 9.17. The summed E-state index contributed by atoms with van der Waals surface area (Å²) in [7, 11) is 0. The van der Waals surface area contributed by atoms with Crippen molar-refractivity contribution in [3.63, 3.8) is 0 Å². The normalized spacial score (nSPS) is 26.6. The second-order valence-electron chi connectivity index (χ2n) is 13.7. The monoisotopic (exact) mass is 694 g/mol. The van der Waals surface area contributed by atoms with Crippen molar-refractivity contribution < 1.29 is 33.9 Å². The van der Waals surface area contributed by atoms with Crippen molar-refractivity contribution in [2.24, 2.45) is 23.7 Å². The molecule has 0 radical (unpaired) electrons. The van der Waals surface area contributed by atoms with Crippen molar-refractivity contribution in [1.82, 2.24) is 0 Å². The van der Waals surface area contributed by atoms with Crippen LogP contribution in [0.25, 0.3) is 5.57 Å². The van der Waals surface area contributed by atoms with E-state index in [1.165, 1.54) is 30.3 Å². The number of ether oxygens (including phenoxy) is 1. The lowest BCUT2D eigenvalue weighted by Crippen LogP contribution is -2.58. The number of imide groups is 1. The van der Waals surface area contributed by atoms with Crippen LogP contribution in [0, 0.1) is 33.8 Å². The molecule has 1 heterocycles. The lowest BCUT2D eigenvalue weighted by molar-refractivity contribution is -0.384. The van der Waals surface area contributed by atoms with Crippen LogP contribution in [-0.2, 0) is 24.6 Å². The minimum atomic E-state index is -1.37. The molecule has 4 aromatic carbocycles. The molecule has 4 aromatic rings. The van der Waals surface area contributed by atoms with E-state index in [1.54, 1.807) is 24.3 Å². The first-order chi connectivity index (χ1) is 25.2. The number of nitrogens with zero attached hydrogens (tertiary/aromatic N) is 2. The van der Waals surface area contributed by atoms with Crippen LogP contribution in [0.4, 0.5) is 11.4 Å². The summed E-state index contributed by atoms with van der Waals surface area (Å²) in [5.41, 5.74) is 1.68. The molecule has 0 aromatic heterocycles. The molecule has 2 amide bonds. The average Bonchev–Trinajstić information content (AvgIpc) is 3.44. The highest BCUT2D eigenvalue weighted by Crippen LogP contribution is 2.63. The Labute approximate surface area is 299 Å². The summed E-state index contributed by atoms with van der Waals surface area (Å²) in [6, 6.07) is 31.1. The lowest BCUT2D eigenvalue weighted by atomic mass is 9.44. The van der Waals surface area contributed by atoms with Crippen LogP contribution in [0.3, 0.4) is 0 Å². The van der Waals surface area contributed by atoms with Gasteiger partial charge >= 0.3 is 0 Å². The zero-order chi connectivity index (χ0) is 36.1. The van der Waals surface area contributed by atoms with Crippen LogP contribution in [0.1, 0.15) is 35.4 Å². The third-order valence-electron chi connectivity index (χ3n) is 11.2. The van der Waals surface area contributed by atoms with E-state index in [-0.39, 0.29) is 49.0 Å². The number of allylic oxidation sites excluding steroid dienone is 4. The fourth-order valence-corrected chi connectivity index (χ4v) is 9.17. The number of benzene rings is 4. The van der Waals surface area contributed by atoms with E-state index in [2.05, 4.69) is 0 Å². The standard InChI is InChI=1S/C42H34N2O8/c45-20-21-52-30-16-14-26(15-17-30)38-31-18-19-32-37(41(49)43(40(32)48)28-12-7-13-29(22-28)44(50)51)34(31)23-35-39(47)33(25-8-3-1-4-9-25)24-36(46)42(35,38)27-10-5-2-6-11-27/h1-18,22,24,32,34-35,37-38,45H,19-21,23H2/t32-,34+,35-,37-,38-,42-/m0/s1. The molecular weight excluding hydrogens is 660 g/mol. The van der Waals surface area contributed by atoms with Gasteiger partial charge in [0.2, 0.25) is 11.8 Å². The molecule has 0 spiro atoms. The number of nitro groups is 1. The number of aliphatic hydroxyl groups is 1. The average molecular weight is 695 g/mol. The van der Waals surface area contributed by atoms with E-state index < -0.39 is 51.7 Å². The third-order valence-corrected chi connectivity index (χ3v) is 11.2.